The van der Waals surface area contributed by atoms with Gasteiger partial charge in [0, 0.05) is 5.56 Å². The van der Waals surface area contributed by atoms with E-state index in [1.807, 2.05) is 0 Å². The van der Waals surface area contributed by atoms with Crippen LogP contribution in [0.5, 0.6) is 0 Å². The van der Waals surface area contributed by atoms with Crippen LogP contribution in [0.25, 0.3) is 0 Å². The monoisotopic (exact) mass is 281 g/mol. The van der Waals surface area contributed by atoms with Gasteiger partial charge < -0.3 is 9.84 Å². The molecule has 6 heteroatoms. The Morgan fingerprint density at radius 1 is 1.45 bits per heavy atom. The molecule has 0 aliphatic carbocycles. The Morgan fingerprint density at radius 3 is 2.65 bits per heavy atom. The lowest BCUT2D eigenvalue weighted by Crippen LogP contribution is -2.44. The Hall–Kier alpha value is -2.11. The highest BCUT2D eigenvalue weighted by Crippen LogP contribution is 2.27. The van der Waals surface area contributed by atoms with Gasteiger partial charge in [-0.05, 0) is 12.0 Å². The van der Waals surface area contributed by atoms with E-state index in [0.29, 0.717) is 0 Å². The molecule has 0 radical (unpaired) electrons. The summed E-state index contributed by atoms with van der Waals surface area (Å²) in [6.07, 6.45) is -1.45. The zero-order valence-corrected chi connectivity index (χ0v) is 11.2. The van der Waals surface area contributed by atoms with Crippen LogP contribution in [-0.2, 0) is 16.1 Å². The molecule has 0 bridgehead atoms. The lowest BCUT2D eigenvalue weighted by molar-refractivity contribution is -0.143. The van der Waals surface area contributed by atoms with Gasteiger partial charge in [0.15, 0.2) is 6.04 Å². The molecule has 1 saturated heterocycles. The maximum atomic E-state index is 13.6. The first kappa shape index (κ1) is 14.3. The van der Waals surface area contributed by atoms with Crippen LogP contribution in [0, 0.1) is 11.7 Å². The molecule has 0 saturated carbocycles. The van der Waals surface area contributed by atoms with Crippen molar-refractivity contribution in [3.8, 4) is 0 Å². The van der Waals surface area contributed by atoms with E-state index in [1.165, 1.54) is 18.2 Å². The van der Waals surface area contributed by atoms with Gasteiger partial charge in [0.25, 0.3) is 0 Å². The Kier molecular flexibility index (Phi) is 3.92. The summed E-state index contributed by atoms with van der Waals surface area (Å²) in [7, 11) is 0. The Morgan fingerprint density at radius 2 is 2.10 bits per heavy atom. The van der Waals surface area contributed by atoms with E-state index in [-0.39, 0.29) is 18.0 Å². The van der Waals surface area contributed by atoms with Gasteiger partial charge in [0.05, 0.1) is 6.54 Å². The highest BCUT2D eigenvalue weighted by atomic mass is 19.1. The lowest BCUT2D eigenvalue weighted by Gasteiger charge is -2.22. The molecule has 0 unspecified atom stereocenters. The van der Waals surface area contributed by atoms with Crippen LogP contribution >= 0.6 is 0 Å². The van der Waals surface area contributed by atoms with Gasteiger partial charge in [-0.2, -0.15) is 0 Å². The second-order valence-corrected chi connectivity index (χ2v) is 5.09. The molecule has 1 N–H and O–H groups in total. The molecule has 5 nitrogen and oxygen atoms in total. The average molecular weight is 281 g/mol. The zero-order chi connectivity index (χ0) is 14.9. The molecule has 1 heterocycles. The molecule has 1 aromatic rings. The summed E-state index contributed by atoms with van der Waals surface area (Å²) in [5.41, 5.74) is 0.264. The van der Waals surface area contributed by atoms with Crippen molar-refractivity contribution in [2.45, 2.75) is 32.5 Å². The molecular formula is C14H16FNO4. The van der Waals surface area contributed by atoms with Crippen molar-refractivity contribution in [2.24, 2.45) is 5.92 Å². The minimum Gasteiger partial charge on any atom is -0.480 e. The first-order valence-corrected chi connectivity index (χ1v) is 6.35. The van der Waals surface area contributed by atoms with E-state index in [2.05, 4.69) is 0 Å². The van der Waals surface area contributed by atoms with Gasteiger partial charge in [-0.15, -0.1) is 0 Å². The third-order valence-corrected chi connectivity index (χ3v) is 3.33. The molecule has 2 atom stereocenters. The number of benzene rings is 1. The van der Waals surface area contributed by atoms with Crippen LogP contribution in [0.4, 0.5) is 9.18 Å². The Labute approximate surface area is 116 Å². The SMILES string of the molecule is CC(C)[C@@H]1OC(=O)N(Cc2ccccc2F)[C@H]1C(=O)O. The number of halogens is 1. The van der Waals surface area contributed by atoms with Crippen molar-refractivity contribution >= 4 is 12.1 Å². The summed E-state index contributed by atoms with van der Waals surface area (Å²) in [6, 6.07) is 4.86. The van der Waals surface area contributed by atoms with Gasteiger partial charge in [0.2, 0.25) is 0 Å². The number of carbonyl (C=O) groups excluding carboxylic acids is 1. The number of carbonyl (C=O) groups is 2. The van der Waals surface area contributed by atoms with Crippen LogP contribution in [0.2, 0.25) is 0 Å². The van der Waals surface area contributed by atoms with Gasteiger partial charge in [-0.1, -0.05) is 32.0 Å². The second-order valence-electron chi connectivity index (χ2n) is 5.09. The van der Waals surface area contributed by atoms with E-state index < -0.39 is 30.0 Å². The molecule has 0 aromatic heterocycles. The molecule has 1 fully saturated rings. The summed E-state index contributed by atoms with van der Waals surface area (Å²) in [4.78, 5) is 24.3. The number of ether oxygens (including phenoxy) is 1. The van der Waals surface area contributed by atoms with Gasteiger partial charge in [-0.25, -0.2) is 14.0 Å². The molecule has 2 rings (SSSR count). The molecule has 1 aromatic carbocycles. The summed E-state index contributed by atoms with van der Waals surface area (Å²) in [5, 5.41) is 9.30. The van der Waals surface area contributed by atoms with Crippen LogP contribution in [0.1, 0.15) is 19.4 Å². The summed E-state index contributed by atoms with van der Waals surface area (Å²) < 4.78 is 18.7. The lowest BCUT2D eigenvalue weighted by atomic mass is 9.99. The van der Waals surface area contributed by atoms with Crippen molar-refractivity contribution in [3.05, 3.63) is 35.6 Å². The number of nitrogens with zero attached hydrogens (tertiary/aromatic N) is 1. The van der Waals surface area contributed by atoms with Crippen LogP contribution in [-0.4, -0.2) is 34.2 Å². The summed E-state index contributed by atoms with van der Waals surface area (Å²) in [5.74, 6) is -1.76. The number of hydrogen-bond donors (Lipinski definition) is 1. The largest absolute Gasteiger partial charge is 0.480 e. The number of hydrogen-bond acceptors (Lipinski definition) is 3. The number of aliphatic carboxylic acids is 1. The normalized spacial score (nSPS) is 22.2. The molecule has 1 aliphatic heterocycles. The van der Waals surface area contributed by atoms with E-state index in [4.69, 9.17) is 4.74 Å². The molecule has 0 spiro atoms. The van der Waals surface area contributed by atoms with Crippen molar-refractivity contribution < 1.29 is 23.8 Å². The topological polar surface area (TPSA) is 66.8 Å². The molecule has 1 aliphatic rings. The summed E-state index contributed by atoms with van der Waals surface area (Å²) in [6.45, 7) is 3.44. The highest BCUT2D eigenvalue weighted by molar-refractivity contribution is 5.83. The van der Waals surface area contributed by atoms with E-state index >= 15 is 0 Å². The third-order valence-electron chi connectivity index (χ3n) is 3.33. The van der Waals surface area contributed by atoms with Crippen molar-refractivity contribution in [1.82, 2.24) is 4.90 Å². The maximum absolute atomic E-state index is 13.6. The fourth-order valence-electron chi connectivity index (χ4n) is 2.29. The van der Waals surface area contributed by atoms with E-state index in [9.17, 15) is 19.1 Å². The predicted molar refractivity (Wildman–Crippen MR) is 68.5 cm³/mol. The minimum absolute atomic E-state index is 0.119. The van der Waals surface area contributed by atoms with Crippen molar-refractivity contribution in [3.63, 3.8) is 0 Å². The van der Waals surface area contributed by atoms with Crippen molar-refractivity contribution in [2.75, 3.05) is 0 Å². The first-order chi connectivity index (χ1) is 9.41. The molecule has 20 heavy (non-hydrogen) atoms. The highest BCUT2D eigenvalue weighted by Gasteiger charge is 2.47. The number of carboxylic acids is 1. The quantitative estimate of drug-likeness (QED) is 0.919. The number of cyclic esters (lactones) is 1. The fourth-order valence-corrected chi connectivity index (χ4v) is 2.29. The predicted octanol–water partition coefficient (Wildman–Crippen LogP) is 2.26. The average Bonchev–Trinajstić information content (AvgIpc) is 2.70. The number of rotatable bonds is 4. The molecular weight excluding hydrogens is 265 g/mol. The van der Waals surface area contributed by atoms with E-state index in [0.717, 1.165) is 4.90 Å². The van der Waals surface area contributed by atoms with Gasteiger partial charge >= 0.3 is 12.1 Å². The maximum Gasteiger partial charge on any atom is 0.411 e. The number of carboxylic acid groups (broad SMARTS) is 1. The Bertz CT molecular complexity index is 532. The molecule has 1 amide bonds. The van der Waals surface area contributed by atoms with Gasteiger partial charge in [-0.3, -0.25) is 4.90 Å². The van der Waals surface area contributed by atoms with Gasteiger partial charge in [0.1, 0.15) is 11.9 Å². The fraction of sp³-hybridized carbons (Fsp3) is 0.429. The standard InChI is InChI=1S/C14H16FNO4/c1-8(2)12-11(13(17)18)16(14(19)20-12)7-9-5-3-4-6-10(9)15/h3-6,8,11-12H,7H2,1-2H3,(H,17,18)/t11-,12+/m1/s1. The van der Waals surface area contributed by atoms with Crippen molar-refractivity contribution in [1.29, 1.82) is 0 Å². The summed E-state index contributed by atoms with van der Waals surface area (Å²) >= 11 is 0. The minimum atomic E-state index is -1.15. The van der Waals surface area contributed by atoms with Crippen LogP contribution < -0.4 is 0 Å². The first-order valence-electron chi connectivity index (χ1n) is 6.35. The van der Waals surface area contributed by atoms with Crippen LogP contribution in [0.3, 0.4) is 0 Å². The number of amides is 1. The zero-order valence-electron chi connectivity index (χ0n) is 11.2. The van der Waals surface area contributed by atoms with Crippen LogP contribution in [0.15, 0.2) is 24.3 Å². The van der Waals surface area contributed by atoms with E-state index in [1.54, 1.807) is 19.9 Å². The second kappa shape index (κ2) is 5.48. The molecule has 108 valence electrons. The Balaban J connectivity index is 2.27. The smallest absolute Gasteiger partial charge is 0.411 e. The third kappa shape index (κ3) is 2.59.